The summed E-state index contributed by atoms with van der Waals surface area (Å²) in [6, 6.07) is 7.97. The fourth-order valence-electron chi connectivity index (χ4n) is 4.46. The van der Waals surface area contributed by atoms with Gasteiger partial charge in [-0.05, 0) is 36.5 Å². The van der Waals surface area contributed by atoms with Gasteiger partial charge in [-0.3, -0.25) is 4.21 Å². The molecule has 0 aliphatic carbocycles. The lowest BCUT2D eigenvalue weighted by atomic mass is 9.89. The van der Waals surface area contributed by atoms with Crippen LogP contribution in [0.15, 0.2) is 29.2 Å². The highest BCUT2D eigenvalue weighted by atomic mass is 35.5. The smallest absolute Gasteiger partial charge is 0.186 e. The van der Waals surface area contributed by atoms with E-state index in [9.17, 15) is 9.32 Å². The molecule has 2 atom stereocenters. The third kappa shape index (κ3) is 3.49. The summed E-state index contributed by atoms with van der Waals surface area (Å²) in [4.78, 5) is 7.94. The molecule has 1 aromatic carbocycles. The van der Waals surface area contributed by atoms with Crippen molar-refractivity contribution in [3.63, 3.8) is 0 Å². The lowest BCUT2D eigenvalue weighted by molar-refractivity contribution is 0.206. The van der Waals surface area contributed by atoms with E-state index in [1.165, 1.54) is 5.56 Å². The Hall–Kier alpha value is -1.83. The number of hydrogen-bond donors (Lipinski definition) is 2. The van der Waals surface area contributed by atoms with Crippen molar-refractivity contribution >= 4 is 33.9 Å². The first-order chi connectivity index (χ1) is 14.1. The molecular weight excluding hydrogens is 410 g/mol. The van der Waals surface area contributed by atoms with Crippen LogP contribution in [-0.4, -0.2) is 52.4 Å². The van der Waals surface area contributed by atoms with Crippen LogP contribution in [0, 0.1) is 0 Å². The highest BCUT2D eigenvalue weighted by molar-refractivity contribution is 7.85. The number of nitrogens with zero attached hydrogens (tertiary/aromatic N) is 2. The van der Waals surface area contributed by atoms with E-state index >= 15 is 0 Å². The number of aromatic nitrogens is 1. The molecule has 3 aliphatic heterocycles. The molecule has 4 heterocycles. The van der Waals surface area contributed by atoms with Crippen molar-refractivity contribution < 1.29 is 14.1 Å². The van der Waals surface area contributed by atoms with Crippen LogP contribution in [0.2, 0.25) is 5.02 Å². The summed E-state index contributed by atoms with van der Waals surface area (Å²) < 4.78 is 18.6. The van der Waals surface area contributed by atoms with Crippen molar-refractivity contribution in [2.45, 2.75) is 36.1 Å². The van der Waals surface area contributed by atoms with E-state index in [1.54, 1.807) is 0 Å². The molecule has 8 heteroatoms. The van der Waals surface area contributed by atoms with Crippen LogP contribution in [0.1, 0.15) is 30.0 Å². The van der Waals surface area contributed by atoms with Gasteiger partial charge in [0.05, 0.1) is 39.7 Å². The van der Waals surface area contributed by atoms with Gasteiger partial charge in [-0.25, -0.2) is 4.98 Å². The van der Waals surface area contributed by atoms with Crippen LogP contribution in [0.25, 0.3) is 0 Å². The largest absolute Gasteiger partial charge is 0.485 e. The summed E-state index contributed by atoms with van der Waals surface area (Å²) in [5.74, 6) is 2.64. The lowest BCUT2D eigenvalue weighted by Crippen LogP contribution is -2.38. The SMILES string of the molecule is O=[S@]1CCc2nc(N3CCC(c4ccc(Cl)cc4)CC3)c3c(c21)NC(CO)CO3. The third-order valence-corrected chi connectivity index (χ3v) is 7.77. The Labute approximate surface area is 177 Å². The van der Waals surface area contributed by atoms with Crippen molar-refractivity contribution in [2.24, 2.45) is 0 Å². The Morgan fingerprint density at radius 3 is 2.76 bits per heavy atom. The number of piperidine rings is 1. The minimum Gasteiger partial charge on any atom is -0.485 e. The van der Waals surface area contributed by atoms with Crippen molar-refractivity contribution in [3.05, 3.63) is 40.5 Å². The van der Waals surface area contributed by atoms with Gasteiger partial charge in [0, 0.05) is 30.3 Å². The average Bonchev–Trinajstić information content (AvgIpc) is 3.14. The summed E-state index contributed by atoms with van der Waals surface area (Å²) in [6.07, 6.45) is 2.79. The van der Waals surface area contributed by atoms with Gasteiger partial charge in [0.2, 0.25) is 0 Å². The summed E-state index contributed by atoms with van der Waals surface area (Å²) in [5.41, 5.74) is 3.00. The quantitative estimate of drug-likeness (QED) is 0.775. The first-order valence-corrected chi connectivity index (χ1v) is 11.8. The number of halogens is 1. The normalized spacial score (nSPS) is 23.9. The maximum Gasteiger partial charge on any atom is 0.186 e. The number of aliphatic hydroxyl groups is 1. The molecule has 0 radical (unpaired) electrons. The first kappa shape index (κ1) is 19.2. The van der Waals surface area contributed by atoms with Crippen LogP contribution < -0.4 is 15.0 Å². The number of hydrogen-bond acceptors (Lipinski definition) is 6. The minimum absolute atomic E-state index is 0.0228. The Balaban J connectivity index is 1.42. The molecule has 5 rings (SSSR count). The number of aryl methyl sites for hydroxylation is 1. The number of pyridine rings is 1. The highest BCUT2D eigenvalue weighted by Crippen LogP contribution is 2.45. The number of benzene rings is 1. The lowest BCUT2D eigenvalue weighted by Gasteiger charge is -2.36. The van der Waals surface area contributed by atoms with Crippen molar-refractivity contribution in [1.29, 1.82) is 0 Å². The van der Waals surface area contributed by atoms with Gasteiger partial charge >= 0.3 is 0 Å². The van der Waals surface area contributed by atoms with E-state index in [0.717, 1.165) is 59.5 Å². The van der Waals surface area contributed by atoms with Crippen LogP contribution >= 0.6 is 11.6 Å². The molecule has 1 aromatic heterocycles. The molecule has 1 saturated heterocycles. The molecule has 29 heavy (non-hydrogen) atoms. The highest BCUT2D eigenvalue weighted by Gasteiger charge is 2.35. The second kappa shape index (κ2) is 7.78. The van der Waals surface area contributed by atoms with Crippen molar-refractivity contribution in [2.75, 3.05) is 42.3 Å². The Morgan fingerprint density at radius 1 is 1.28 bits per heavy atom. The molecule has 0 saturated carbocycles. The zero-order valence-corrected chi connectivity index (χ0v) is 17.6. The van der Waals surface area contributed by atoms with Crippen molar-refractivity contribution in [3.8, 4) is 5.75 Å². The van der Waals surface area contributed by atoms with E-state index in [1.807, 2.05) is 12.1 Å². The van der Waals surface area contributed by atoms with Gasteiger partial charge in [-0.15, -0.1) is 0 Å². The molecule has 6 nitrogen and oxygen atoms in total. The van der Waals surface area contributed by atoms with Crippen LogP contribution in [-0.2, 0) is 17.2 Å². The second-order valence-electron chi connectivity index (χ2n) is 7.86. The Morgan fingerprint density at radius 2 is 2.03 bits per heavy atom. The molecule has 0 spiro atoms. The van der Waals surface area contributed by atoms with Crippen LogP contribution in [0.3, 0.4) is 0 Å². The van der Waals surface area contributed by atoms with Crippen molar-refractivity contribution in [1.82, 2.24) is 4.98 Å². The van der Waals surface area contributed by atoms with E-state index in [2.05, 4.69) is 22.3 Å². The standard InChI is InChI=1S/C21H24ClN3O3S/c22-15-3-1-13(2-4-15)14-5-8-25(9-6-14)21-19-18(23-16(11-26)12-28-19)20-17(24-21)7-10-29(20)27/h1-4,14,16,23,26H,5-12H2/t16?,29-/m0/s1. The predicted octanol–water partition coefficient (Wildman–Crippen LogP) is 2.95. The zero-order chi connectivity index (χ0) is 20.0. The molecule has 154 valence electrons. The molecule has 2 aromatic rings. The summed E-state index contributed by atoms with van der Waals surface area (Å²) in [6.45, 7) is 2.14. The molecular formula is C21H24ClN3O3S. The Kier molecular flexibility index (Phi) is 5.14. The second-order valence-corrected chi connectivity index (χ2v) is 9.81. The summed E-state index contributed by atoms with van der Waals surface area (Å²) in [5, 5.41) is 13.7. The average molecular weight is 434 g/mol. The molecule has 1 fully saturated rings. The van der Waals surface area contributed by atoms with E-state index < -0.39 is 10.8 Å². The third-order valence-electron chi connectivity index (χ3n) is 6.05. The first-order valence-electron chi connectivity index (χ1n) is 10.1. The Bertz CT molecular complexity index is 945. The predicted molar refractivity (Wildman–Crippen MR) is 115 cm³/mol. The molecule has 1 unspecified atom stereocenters. The van der Waals surface area contributed by atoms with Gasteiger partial charge in [0.1, 0.15) is 6.61 Å². The van der Waals surface area contributed by atoms with E-state index in [-0.39, 0.29) is 12.6 Å². The van der Waals surface area contributed by atoms with Crippen LogP contribution in [0.5, 0.6) is 5.75 Å². The number of rotatable bonds is 3. The van der Waals surface area contributed by atoms with Gasteiger partial charge in [-0.2, -0.15) is 0 Å². The number of anilines is 2. The summed E-state index contributed by atoms with van der Waals surface area (Å²) >= 11 is 6.02. The zero-order valence-electron chi connectivity index (χ0n) is 16.1. The summed E-state index contributed by atoms with van der Waals surface area (Å²) in [7, 11) is -1.07. The number of ether oxygens (including phenoxy) is 1. The van der Waals surface area contributed by atoms with E-state index in [4.69, 9.17) is 21.3 Å². The van der Waals surface area contributed by atoms with Gasteiger partial charge in [0.25, 0.3) is 0 Å². The maximum absolute atomic E-state index is 12.5. The fraction of sp³-hybridized carbons (Fsp3) is 0.476. The molecule has 3 aliphatic rings. The number of fused-ring (bicyclic) bond motifs is 3. The number of nitrogens with one attached hydrogen (secondary N) is 1. The monoisotopic (exact) mass is 433 g/mol. The number of aliphatic hydroxyl groups excluding tert-OH is 1. The van der Waals surface area contributed by atoms with Gasteiger partial charge < -0.3 is 20.1 Å². The van der Waals surface area contributed by atoms with Gasteiger partial charge in [-0.1, -0.05) is 23.7 Å². The molecule has 2 N–H and O–H groups in total. The minimum atomic E-state index is -1.07. The molecule has 0 amide bonds. The topological polar surface area (TPSA) is 74.7 Å². The van der Waals surface area contributed by atoms with Gasteiger partial charge in [0.15, 0.2) is 11.6 Å². The fourth-order valence-corrected chi connectivity index (χ4v) is 5.96. The van der Waals surface area contributed by atoms with Crippen LogP contribution in [0.4, 0.5) is 11.5 Å². The van der Waals surface area contributed by atoms with E-state index in [0.29, 0.717) is 24.0 Å². The maximum atomic E-state index is 12.5. The molecule has 0 bridgehead atoms.